The van der Waals surface area contributed by atoms with Gasteiger partial charge in [0, 0.05) is 18.3 Å². The Kier molecular flexibility index (Phi) is 3.81. The van der Waals surface area contributed by atoms with Gasteiger partial charge in [-0.15, -0.1) is 0 Å². The number of ether oxygens (including phenoxy) is 1. The van der Waals surface area contributed by atoms with E-state index < -0.39 is 6.04 Å². The smallest absolute Gasteiger partial charge is 0.328 e. The third-order valence-corrected chi connectivity index (χ3v) is 7.41. The van der Waals surface area contributed by atoms with Crippen molar-refractivity contribution in [2.45, 2.75) is 51.1 Å². The Morgan fingerprint density at radius 3 is 2.93 bits per heavy atom. The second kappa shape index (κ2) is 6.04. The highest BCUT2D eigenvalue weighted by Crippen LogP contribution is 2.60. The molecule has 3 aliphatic heterocycles. The monoisotopic (exact) mass is 383 g/mol. The maximum Gasteiger partial charge on any atom is 0.328 e. The van der Waals surface area contributed by atoms with Crippen LogP contribution < -0.4 is 0 Å². The summed E-state index contributed by atoms with van der Waals surface area (Å²) in [7, 11) is 1.43. The minimum atomic E-state index is -0.424. The van der Waals surface area contributed by atoms with Crippen LogP contribution in [0.3, 0.4) is 0 Å². The topological polar surface area (TPSA) is 77.6 Å². The van der Waals surface area contributed by atoms with Gasteiger partial charge in [-0.25, -0.2) is 4.79 Å². The molecule has 1 saturated heterocycles. The molecule has 28 heavy (non-hydrogen) atoms. The first kappa shape index (κ1) is 17.7. The first-order chi connectivity index (χ1) is 13.5. The van der Waals surface area contributed by atoms with Crippen molar-refractivity contribution in [3.05, 3.63) is 39.6 Å². The number of piperidine rings is 1. The standard InChI is InChI=1S/C21H25N3O4/c1-3-21-9-5-10-22-11-8-13-17-14(6-4-7-15(17)24(26)27)23(18(13)19(21)22)16(12-21)20(25)28-2/h4,6-7,16,19H,3,5,8-12H2,1-2H3. The van der Waals surface area contributed by atoms with Crippen LogP contribution in [-0.4, -0.2) is 40.6 Å². The number of aromatic nitrogens is 1. The molecule has 1 aromatic heterocycles. The van der Waals surface area contributed by atoms with E-state index >= 15 is 0 Å². The lowest BCUT2D eigenvalue weighted by Gasteiger charge is -2.56. The van der Waals surface area contributed by atoms with Gasteiger partial charge in [-0.05, 0) is 55.7 Å². The lowest BCUT2D eigenvalue weighted by molar-refractivity contribution is -0.383. The number of nitro benzene ring substituents is 1. The van der Waals surface area contributed by atoms with Gasteiger partial charge in [0.1, 0.15) is 6.04 Å². The number of carbonyl (C=O) groups excluding carboxylic acids is 1. The number of non-ortho nitro benzene ring substituents is 1. The molecule has 0 spiro atoms. The van der Waals surface area contributed by atoms with E-state index in [2.05, 4.69) is 16.4 Å². The van der Waals surface area contributed by atoms with Crippen LogP contribution >= 0.6 is 0 Å². The summed E-state index contributed by atoms with van der Waals surface area (Å²) >= 11 is 0. The summed E-state index contributed by atoms with van der Waals surface area (Å²) in [4.78, 5) is 26.9. The van der Waals surface area contributed by atoms with Crippen LogP contribution in [0, 0.1) is 15.5 Å². The first-order valence-electron chi connectivity index (χ1n) is 10.1. The fourth-order valence-electron chi connectivity index (χ4n) is 6.26. The summed E-state index contributed by atoms with van der Waals surface area (Å²) in [6.45, 7) is 4.19. The van der Waals surface area contributed by atoms with Crippen molar-refractivity contribution >= 4 is 22.6 Å². The zero-order chi connectivity index (χ0) is 19.6. The molecule has 5 rings (SSSR count). The average molecular weight is 383 g/mol. The summed E-state index contributed by atoms with van der Waals surface area (Å²) in [6.07, 6.45) is 4.73. The van der Waals surface area contributed by atoms with Crippen LogP contribution in [0.1, 0.15) is 55.9 Å². The molecule has 1 aromatic carbocycles. The number of esters is 1. The molecule has 3 unspecified atom stereocenters. The van der Waals surface area contributed by atoms with Crippen molar-refractivity contribution < 1.29 is 14.5 Å². The summed E-state index contributed by atoms with van der Waals surface area (Å²) < 4.78 is 7.27. The van der Waals surface area contributed by atoms with Crippen molar-refractivity contribution in [2.24, 2.45) is 5.41 Å². The molecule has 0 radical (unpaired) electrons. The van der Waals surface area contributed by atoms with Gasteiger partial charge in [0.05, 0.1) is 29.0 Å². The number of hydrogen-bond donors (Lipinski definition) is 0. The van der Waals surface area contributed by atoms with Crippen LogP contribution in [-0.2, 0) is 16.0 Å². The van der Waals surface area contributed by atoms with Crippen LogP contribution in [0.4, 0.5) is 5.69 Å². The largest absolute Gasteiger partial charge is 0.467 e. The Balaban J connectivity index is 1.88. The van der Waals surface area contributed by atoms with E-state index in [0.29, 0.717) is 5.39 Å². The second-order valence-electron chi connectivity index (χ2n) is 8.41. The van der Waals surface area contributed by atoms with E-state index in [9.17, 15) is 14.9 Å². The molecular weight excluding hydrogens is 358 g/mol. The molecule has 4 heterocycles. The third kappa shape index (κ3) is 2.11. The zero-order valence-electron chi connectivity index (χ0n) is 16.3. The van der Waals surface area contributed by atoms with Crippen LogP contribution in [0.2, 0.25) is 0 Å². The predicted molar refractivity (Wildman–Crippen MR) is 104 cm³/mol. The molecule has 0 amide bonds. The molecular formula is C21H25N3O4. The fourth-order valence-corrected chi connectivity index (χ4v) is 6.26. The molecule has 7 heteroatoms. The molecule has 0 saturated carbocycles. The second-order valence-corrected chi connectivity index (χ2v) is 8.41. The van der Waals surface area contributed by atoms with Gasteiger partial charge in [0.2, 0.25) is 0 Å². The van der Waals surface area contributed by atoms with Gasteiger partial charge in [-0.3, -0.25) is 15.0 Å². The van der Waals surface area contributed by atoms with Crippen molar-refractivity contribution in [1.29, 1.82) is 0 Å². The van der Waals surface area contributed by atoms with Gasteiger partial charge in [0.25, 0.3) is 5.69 Å². The van der Waals surface area contributed by atoms with E-state index in [1.165, 1.54) is 7.11 Å². The third-order valence-electron chi connectivity index (χ3n) is 7.41. The van der Waals surface area contributed by atoms with Crippen molar-refractivity contribution in [3.8, 4) is 0 Å². The Bertz CT molecular complexity index is 997. The minimum absolute atomic E-state index is 0.0193. The highest BCUT2D eigenvalue weighted by molar-refractivity contribution is 5.95. The molecule has 7 nitrogen and oxygen atoms in total. The number of benzene rings is 1. The highest BCUT2D eigenvalue weighted by Gasteiger charge is 2.54. The molecule has 1 fully saturated rings. The lowest BCUT2D eigenvalue weighted by Crippen LogP contribution is -2.54. The van der Waals surface area contributed by atoms with Crippen LogP contribution in [0.5, 0.6) is 0 Å². The van der Waals surface area contributed by atoms with Crippen LogP contribution in [0.25, 0.3) is 10.9 Å². The van der Waals surface area contributed by atoms with E-state index in [-0.39, 0.29) is 28.0 Å². The van der Waals surface area contributed by atoms with E-state index in [4.69, 9.17) is 4.74 Å². The van der Waals surface area contributed by atoms with Crippen molar-refractivity contribution in [2.75, 3.05) is 20.2 Å². The van der Waals surface area contributed by atoms with E-state index in [1.54, 1.807) is 12.1 Å². The quantitative estimate of drug-likeness (QED) is 0.458. The number of methoxy groups -OCH3 is 1. The lowest BCUT2D eigenvalue weighted by atomic mass is 9.63. The summed E-state index contributed by atoms with van der Waals surface area (Å²) in [5.74, 6) is -0.250. The first-order valence-corrected chi connectivity index (χ1v) is 10.1. The van der Waals surface area contributed by atoms with Crippen molar-refractivity contribution in [1.82, 2.24) is 9.47 Å². The molecule has 3 aliphatic rings. The molecule has 0 aliphatic carbocycles. The zero-order valence-corrected chi connectivity index (χ0v) is 16.3. The molecule has 2 aromatic rings. The summed E-state index contributed by atoms with van der Waals surface area (Å²) in [6, 6.07) is 5.03. The molecule has 148 valence electrons. The molecule has 3 atom stereocenters. The maximum atomic E-state index is 12.8. The fraction of sp³-hybridized carbons (Fsp3) is 0.571. The number of nitrogens with zero attached hydrogens (tertiary/aromatic N) is 3. The van der Waals surface area contributed by atoms with Gasteiger partial charge < -0.3 is 9.30 Å². The SMILES string of the molecule is CCC12CCCN3CCc4c(n(c5cccc([N+](=O)[O-])c45)C(C(=O)OC)C1)C32. The Morgan fingerprint density at radius 1 is 1.39 bits per heavy atom. The Hall–Kier alpha value is -2.41. The maximum absolute atomic E-state index is 12.8. The number of hydrogen-bond acceptors (Lipinski definition) is 5. The molecule has 0 bridgehead atoms. The van der Waals surface area contributed by atoms with Gasteiger partial charge in [0.15, 0.2) is 0 Å². The summed E-state index contributed by atoms with van der Waals surface area (Å²) in [5, 5.41) is 12.5. The number of rotatable bonds is 3. The molecule has 0 N–H and O–H groups in total. The van der Waals surface area contributed by atoms with Crippen LogP contribution in [0.15, 0.2) is 18.2 Å². The average Bonchev–Trinajstić information content (AvgIpc) is 3.06. The summed E-state index contributed by atoms with van der Waals surface area (Å²) in [5.41, 5.74) is 3.15. The number of nitro groups is 1. The van der Waals surface area contributed by atoms with E-state index in [0.717, 1.165) is 62.0 Å². The van der Waals surface area contributed by atoms with Crippen molar-refractivity contribution in [3.63, 3.8) is 0 Å². The van der Waals surface area contributed by atoms with Gasteiger partial charge in [-0.1, -0.05) is 13.0 Å². The van der Waals surface area contributed by atoms with Gasteiger partial charge >= 0.3 is 5.97 Å². The number of fused-ring (bicyclic) bond motifs is 3. The highest BCUT2D eigenvalue weighted by atomic mass is 16.6. The van der Waals surface area contributed by atoms with E-state index in [1.807, 2.05) is 6.07 Å². The Labute approximate surface area is 163 Å². The predicted octanol–water partition coefficient (Wildman–Crippen LogP) is 3.76. The number of carbonyl (C=O) groups is 1. The Morgan fingerprint density at radius 2 is 2.21 bits per heavy atom. The minimum Gasteiger partial charge on any atom is -0.467 e. The normalized spacial score (nSPS) is 28.8. The van der Waals surface area contributed by atoms with Gasteiger partial charge in [-0.2, -0.15) is 0 Å².